The molecular weight excluding hydrogens is 691 g/mol. The molecule has 0 aliphatic heterocycles. The molecule has 0 radical (unpaired) electrons. The minimum absolute atomic E-state index is 0.145. The molecule has 0 aromatic rings. The minimum Gasteiger partial charge on any atom is -0.462 e. The van der Waals surface area contributed by atoms with E-state index in [-0.39, 0.29) is 19.4 Å². The van der Waals surface area contributed by atoms with Crippen molar-refractivity contribution < 1.29 is 58.0 Å². The van der Waals surface area contributed by atoms with Crippen LogP contribution in [0.3, 0.4) is 0 Å². The molecule has 0 aromatic carbocycles. The highest BCUT2D eigenvalue weighted by molar-refractivity contribution is 7.47. The van der Waals surface area contributed by atoms with E-state index in [1.54, 1.807) is 0 Å². The molecule has 12 nitrogen and oxygen atoms in total. The van der Waals surface area contributed by atoms with E-state index < -0.39 is 64.0 Å². The number of rotatable bonds is 37. The monoisotopic (exact) mass is 766 g/mol. The number of carbonyl (C=O) groups is 2. The first-order chi connectivity index (χ1) is 24.9. The number of hydrogen-bond donors (Lipinski definition) is 5. The summed E-state index contributed by atoms with van der Waals surface area (Å²) < 4.78 is 32.5. The zero-order chi connectivity index (χ0) is 38.9. The van der Waals surface area contributed by atoms with Gasteiger partial charge in [0.2, 0.25) is 0 Å². The standard InChI is InChI=1S/C39H75O12P/c1-4-6-7-8-15-20-25-36(42)37(43)26-21-16-13-18-22-27-38(44)48-31-35(32-50-52(46,47)49-30-34(41)29-40)51-39(45)28-23-17-12-10-9-11-14-19-24-33(3)5-2/h15,20,33-37,40-43H,4-14,16-19,21-32H2,1-3H3,(H,46,47)/b20-15-/t33?,34-,35+,36+,37+/m0/s1. The van der Waals surface area contributed by atoms with E-state index in [0.29, 0.717) is 25.7 Å². The number of aliphatic hydroxyl groups is 4. The third-order valence-corrected chi connectivity index (χ3v) is 10.1. The van der Waals surface area contributed by atoms with Crippen molar-refractivity contribution in [2.24, 2.45) is 5.92 Å². The van der Waals surface area contributed by atoms with Gasteiger partial charge in [0.15, 0.2) is 6.10 Å². The van der Waals surface area contributed by atoms with Crippen LogP contribution in [0.25, 0.3) is 0 Å². The predicted octanol–water partition coefficient (Wildman–Crippen LogP) is 7.85. The molecule has 13 heteroatoms. The van der Waals surface area contributed by atoms with Crippen molar-refractivity contribution in [3.05, 3.63) is 12.2 Å². The summed E-state index contributed by atoms with van der Waals surface area (Å²) in [6, 6.07) is 0. The molecule has 2 unspecified atom stereocenters. The van der Waals surface area contributed by atoms with Gasteiger partial charge in [-0.25, -0.2) is 4.57 Å². The summed E-state index contributed by atoms with van der Waals surface area (Å²) in [7, 11) is -4.64. The maximum Gasteiger partial charge on any atom is 0.472 e. The summed E-state index contributed by atoms with van der Waals surface area (Å²) in [6.45, 7) is 4.44. The number of ether oxygens (including phenoxy) is 2. The van der Waals surface area contributed by atoms with Crippen LogP contribution in [0.2, 0.25) is 0 Å². The minimum atomic E-state index is -4.64. The molecule has 0 saturated heterocycles. The summed E-state index contributed by atoms with van der Waals surface area (Å²) in [5, 5.41) is 38.7. The van der Waals surface area contributed by atoms with Gasteiger partial charge in [0.05, 0.1) is 32.0 Å². The van der Waals surface area contributed by atoms with Crippen molar-refractivity contribution in [3.8, 4) is 0 Å². The predicted molar refractivity (Wildman–Crippen MR) is 204 cm³/mol. The fourth-order valence-corrected chi connectivity index (χ4v) is 6.25. The van der Waals surface area contributed by atoms with Crippen LogP contribution >= 0.6 is 7.82 Å². The first-order valence-corrected chi connectivity index (χ1v) is 21.7. The van der Waals surface area contributed by atoms with Gasteiger partial charge in [-0.05, 0) is 44.4 Å². The van der Waals surface area contributed by atoms with Crippen LogP contribution < -0.4 is 0 Å². The van der Waals surface area contributed by atoms with Gasteiger partial charge in [-0.15, -0.1) is 0 Å². The normalized spacial score (nSPS) is 15.9. The Hall–Kier alpha value is -1.37. The second-order valence-corrected chi connectivity index (χ2v) is 15.7. The van der Waals surface area contributed by atoms with Gasteiger partial charge in [0.1, 0.15) is 12.7 Å². The number of allylic oxidation sites excluding steroid dienone is 1. The van der Waals surface area contributed by atoms with E-state index in [4.69, 9.17) is 19.1 Å². The summed E-state index contributed by atoms with van der Waals surface area (Å²) in [4.78, 5) is 34.9. The first-order valence-electron chi connectivity index (χ1n) is 20.2. The van der Waals surface area contributed by atoms with Crippen molar-refractivity contribution in [3.63, 3.8) is 0 Å². The van der Waals surface area contributed by atoms with Crippen LogP contribution in [0.4, 0.5) is 0 Å². The second kappa shape index (κ2) is 34.1. The van der Waals surface area contributed by atoms with Gasteiger partial charge in [-0.1, -0.05) is 129 Å². The lowest BCUT2D eigenvalue weighted by molar-refractivity contribution is -0.161. The average molecular weight is 767 g/mol. The van der Waals surface area contributed by atoms with Crippen molar-refractivity contribution in [2.45, 2.75) is 193 Å². The Labute approximate surface area is 314 Å². The van der Waals surface area contributed by atoms with Gasteiger partial charge in [-0.2, -0.15) is 0 Å². The largest absolute Gasteiger partial charge is 0.472 e. The van der Waals surface area contributed by atoms with E-state index in [2.05, 4.69) is 31.4 Å². The maximum atomic E-state index is 12.6. The number of unbranched alkanes of at least 4 members (excludes halogenated alkanes) is 14. The van der Waals surface area contributed by atoms with E-state index >= 15 is 0 Å². The summed E-state index contributed by atoms with van der Waals surface area (Å²) in [6.07, 6.45) is 20.7. The number of carbonyl (C=O) groups excluding carboxylic acids is 2. The molecule has 0 aliphatic rings. The van der Waals surface area contributed by atoms with Crippen LogP contribution in [0, 0.1) is 5.92 Å². The van der Waals surface area contributed by atoms with E-state index in [9.17, 15) is 34.4 Å². The van der Waals surface area contributed by atoms with Crippen LogP contribution in [-0.4, -0.2) is 88.1 Å². The Morgan fingerprint density at radius 2 is 1.23 bits per heavy atom. The molecule has 6 atom stereocenters. The molecule has 52 heavy (non-hydrogen) atoms. The van der Waals surface area contributed by atoms with Gasteiger partial charge >= 0.3 is 19.8 Å². The molecule has 308 valence electrons. The molecule has 0 spiro atoms. The quantitative estimate of drug-likeness (QED) is 0.0178. The topological polar surface area (TPSA) is 189 Å². The highest BCUT2D eigenvalue weighted by atomic mass is 31.2. The Morgan fingerprint density at radius 3 is 1.83 bits per heavy atom. The van der Waals surface area contributed by atoms with Gasteiger partial charge < -0.3 is 34.8 Å². The molecule has 5 N–H and O–H groups in total. The highest BCUT2D eigenvalue weighted by Crippen LogP contribution is 2.43. The Bertz CT molecular complexity index is 933. The highest BCUT2D eigenvalue weighted by Gasteiger charge is 2.27. The Kier molecular flexibility index (Phi) is 33.2. The molecule has 0 aromatic heterocycles. The van der Waals surface area contributed by atoms with E-state index in [0.717, 1.165) is 63.7 Å². The van der Waals surface area contributed by atoms with E-state index in [1.165, 1.54) is 51.4 Å². The zero-order valence-electron chi connectivity index (χ0n) is 32.7. The lowest BCUT2D eigenvalue weighted by atomic mass is 9.99. The SMILES string of the molecule is CCCCC/C=C\C[C@@H](O)[C@H](O)CCCCCCCC(=O)OC[C@H](COP(=O)(O)OC[C@@H](O)CO)OC(=O)CCCCCCCCCCC(C)CC. The zero-order valence-corrected chi connectivity index (χ0v) is 33.6. The molecule has 0 bridgehead atoms. The molecule has 0 heterocycles. The molecular formula is C39H75O12P. The fraction of sp³-hybridized carbons (Fsp3) is 0.897. The van der Waals surface area contributed by atoms with E-state index in [1.807, 2.05) is 6.08 Å². The number of aliphatic hydroxyl groups excluding tert-OH is 4. The third kappa shape index (κ3) is 32.1. The first kappa shape index (κ1) is 50.6. The number of hydrogen-bond acceptors (Lipinski definition) is 11. The van der Waals surface area contributed by atoms with Crippen LogP contribution in [0.15, 0.2) is 12.2 Å². The van der Waals surface area contributed by atoms with Gasteiger partial charge in [0, 0.05) is 12.8 Å². The number of esters is 2. The van der Waals surface area contributed by atoms with Crippen molar-refractivity contribution in [1.82, 2.24) is 0 Å². The third-order valence-electron chi connectivity index (χ3n) is 9.16. The summed E-state index contributed by atoms with van der Waals surface area (Å²) >= 11 is 0. The van der Waals surface area contributed by atoms with Gasteiger partial charge in [0.25, 0.3) is 0 Å². The van der Waals surface area contributed by atoms with Crippen LogP contribution in [0.5, 0.6) is 0 Å². The molecule has 0 fully saturated rings. The fourth-order valence-electron chi connectivity index (χ4n) is 5.46. The summed E-state index contributed by atoms with van der Waals surface area (Å²) in [5.74, 6) is -0.240. The molecule has 0 amide bonds. The molecule has 0 saturated carbocycles. The molecule has 0 rings (SSSR count). The van der Waals surface area contributed by atoms with Crippen LogP contribution in [0.1, 0.15) is 168 Å². The van der Waals surface area contributed by atoms with Crippen molar-refractivity contribution >= 4 is 19.8 Å². The number of phosphoric ester groups is 1. The van der Waals surface area contributed by atoms with Crippen molar-refractivity contribution in [1.29, 1.82) is 0 Å². The molecule has 0 aliphatic carbocycles. The second-order valence-electron chi connectivity index (χ2n) is 14.2. The summed E-state index contributed by atoms with van der Waals surface area (Å²) in [5.41, 5.74) is 0. The Morgan fingerprint density at radius 1 is 0.673 bits per heavy atom. The average Bonchev–Trinajstić information content (AvgIpc) is 3.13. The van der Waals surface area contributed by atoms with Gasteiger partial charge in [-0.3, -0.25) is 18.6 Å². The smallest absolute Gasteiger partial charge is 0.462 e. The number of phosphoric acid groups is 1. The van der Waals surface area contributed by atoms with Crippen molar-refractivity contribution in [2.75, 3.05) is 26.4 Å². The Balaban J connectivity index is 4.45. The van der Waals surface area contributed by atoms with Crippen LogP contribution in [-0.2, 0) is 32.7 Å². The lowest BCUT2D eigenvalue weighted by Gasteiger charge is -2.20. The lowest BCUT2D eigenvalue weighted by Crippen LogP contribution is -2.29. The maximum absolute atomic E-state index is 12.6.